The Balaban J connectivity index is 0.00000578. The number of aliphatic hydroxyl groups excluding tert-OH is 1. The first-order valence-electron chi connectivity index (χ1n) is 11.2. The smallest absolute Gasteiger partial charge is 0.550 e. The average molecular weight is 481 g/mol. The predicted molar refractivity (Wildman–Crippen MR) is 123 cm³/mol. The molecule has 0 amide bonds. The summed E-state index contributed by atoms with van der Waals surface area (Å²) in [7, 11) is 0. The van der Waals surface area contributed by atoms with E-state index in [4.69, 9.17) is 9.47 Å². The van der Waals surface area contributed by atoms with Gasteiger partial charge in [0.05, 0.1) is 24.9 Å². The van der Waals surface area contributed by atoms with Crippen LogP contribution in [0.2, 0.25) is 0 Å². The monoisotopic (exact) mass is 480 g/mol. The number of phenolic OH excluding ortho intramolecular Hbond substituents is 1. The number of aliphatic carboxylic acids is 1. The summed E-state index contributed by atoms with van der Waals surface area (Å²) in [5.74, 6) is -0.307. The van der Waals surface area contributed by atoms with Crippen molar-refractivity contribution in [3.63, 3.8) is 0 Å². The Morgan fingerprint density at radius 2 is 1.79 bits per heavy atom. The zero-order valence-corrected chi connectivity index (χ0v) is 22.7. The molecule has 2 aromatic carbocycles. The van der Waals surface area contributed by atoms with E-state index in [1.807, 2.05) is 6.92 Å². The topological polar surface area (TPSA) is 116 Å². The number of carboxylic acid groups (broad SMARTS) is 1. The Bertz CT molecular complexity index is 972. The molecule has 0 spiro atoms. The molecule has 0 bridgehead atoms. The van der Waals surface area contributed by atoms with Gasteiger partial charge in [0.2, 0.25) is 0 Å². The van der Waals surface area contributed by atoms with Crippen LogP contribution in [0.25, 0.3) is 0 Å². The van der Waals surface area contributed by atoms with Crippen molar-refractivity contribution in [2.75, 3.05) is 13.2 Å². The molecular weight excluding hydrogens is 447 g/mol. The Hall–Kier alpha value is -2.06. The first-order chi connectivity index (χ1) is 15.6. The van der Waals surface area contributed by atoms with Crippen LogP contribution in [-0.2, 0) is 11.2 Å². The number of Topliss-reactive ketones (excluding diaryl/α,β-unsaturated/α-hetero) is 1. The molecule has 0 radical (unpaired) electrons. The van der Waals surface area contributed by atoms with Crippen molar-refractivity contribution in [3.05, 3.63) is 53.1 Å². The molecule has 2 rings (SSSR count). The summed E-state index contributed by atoms with van der Waals surface area (Å²) in [6, 6.07) is 10.2. The quantitative estimate of drug-likeness (QED) is 0.245. The molecule has 0 saturated heterocycles. The number of carbonyl (C=O) groups is 2. The summed E-state index contributed by atoms with van der Waals surface area (Å²) in [4.78, 5) is 22.6. The van der Waals surface area contributed by atoms with Gasteiger partial charge in [-0.1, -0.05) is 39.3 Å². The normalized spacial score (nSPS) is 11.9. The molecule has 0 aromatic heterocycles. The van der Waals surface area contributed by atoms with Gasteiger partial charge in [-0.25, -0.2) is 0 Å². The van der Waals surface area contributed by atoms with Crippen LogP contribution in [-0.4, -0.2) is 35.2 Å². The number of aliphatic hydroxyl groups is 1. The van der Waals surface area contributed by atoms with Gasteiger partial charge in [0, 0.05) is 23.4 Å². The number of benzene rings is 2. The predicted octanol–water partition coefficient (Wildman–Crippen LogP) is 0.599. The molecule has 34 heavy (non-hydrogen) atoms. The van der Waals surface area contributed by atoms with Crippen molar-refractivity contribution in [3.8, 4) is 17.2 Å². The third-order valence-corrected chi connectivity index (χ3v) is 5.45. The fourth-order valence-corrected chi connectivity index (χ4v) is 3.65. The van der Waals surface area contributed by atoms with Crippen LogP contribution in [0, 0.1) is 5.41 Å². The third kappa shape index (κ3) is 8.31. The summed E-state index contributed by atoms with van der Waals surface area (Å²) < 4.78 is 11.6. The fraction of sp³-hybridized carbons (Fsp3) is 0.462. The zero-order valence-electron chi connectivity index (χ0n) is 20.7. The summed E-state index contributed by atoms with van der Waals surface area (Å²) in [5.41, 5.74) is 0.608. The van der Waals surface area contributed by atoms with Crippen LogP contribution in [0.1, 0.15) is 74.5 Å². The number of carbonyl (C=O) groups excluding carboxylic acids is 2. The second-order valence-electron chi connectivity index (χ2n) is 8.81. The standard InChI is InChI=1S/C26H34O7.Na/c1-5-8-21-22(12-11-20(17(2)27)24(21)30)33-14-7-13-32-19-10-6-9-18(15-19)25(31)26(3,4)16-23(28)29;/h6,9-12,15,25,30-31H,5,7-8,13-14,16H2,1-4H3,(H,28,29);/q;+1/p-1. The van der Waals surface area contributed by atoms with E-state index in [1.54, 1.807) is 50.2 Å². The Kier molecular flexibility index (Phi) is 12.1. The average Bonchev–Trinajstić information content (AvgIpc) is 2.74. The molecule has 0 aliphatic rings. The van der Waals surface area contributed by atoms with Crippen molar-refractivity contribution in [1.82, 2.24) is 0 Å². The number of ether oxygens (including phenoxy) is 2. The molecule has 7 nitrogen and oxygen atoms in total. The number of carboxylic acids is 1. The Labute approximate surface area is 223 Å². The third-order valence-electron chi connectivity index (χ3n) is 5.45. The zero-order chi connectivity index (χ0) is 24.6. The van der Waals surface area contributed by atoms with E-state index < -0.39 is 17.5 Å². The van der Waals surface area contributed by atoms with E-state index in [2.05, 4.69) is 0 Å². The summed E-state index contributed by atoms with van der Waals surface area (Å²) >= 11 is 0. The van der Waals surface area contributed by atoms with Crippen LogP contribution in [0.3, 0.4) is 0 Å². The maximum atomic E-state index is 11.7. The van der Waals surface area contributed by atoms with E-state index in [1.165, 1.54) is 6.92 Å². The van der Waals surface area contributed by atoms with Crippen molar-refractivity contribution in [2.45, 2.75) is 59.5 Å². The number of ketones is 1. The second kappa shape index (κ2) is 13.7. The first kappa shape index (κ1) is 30.0. The number of hydrogen-bond acceptors (Lipinski definition) is 7. The fourth-order valence-electron chi connectivity index (χ4n) is 3.65. The van der Waals surface area contributed by atoms with Crippen molar-refractivity contribution in [1.29, 1.82) is 0 Å². The molecule has 1 atom stereocenters. The van der Waals surface area contributed by atoms with E-state index in [0.29, 0.717) is 54.2 Å². The van der Waals surface area contributed by atoms with Crippen LogP contribution in [0.15, 0.2) is 36.4 Å². The van der Waals surface area contributed by atoms with Crippen LogP contribution in [0.4, 0.5) is 0 Å². The van der Waals surface area contributed by atoms with Gasteiger partial charge in [-0.3, -0.25) is 4.79 Å². The van der Waals surface area contributed by atoms with Gasteiger partial charge in [0.15, 0.2) is 5.78 Å². The first-order valence-corrected chi connectivity index (χ1v) is 11.2. The minimum Gasteiger partial charge on any atom is -0.550 e. The molecule has 0 aliphatic carbocycles. The van der Waals surface area contributed by atoms with Crippen LogP contribution >= 0.6 is 0 Å². The van der Waals surface area contributed by atoms with E-state index in [9.17, 15) is 24.9 Å². The van der Waals surface area contributed by atoms with Gasteiger partial charge >= 0.3 is 29.6 Å². The summed E-state index contributed by atoms with van der Waals surface area (Å²) in [6.07, 6.45) is 0.729. The molecule has 0 fully saturated rings. The van der Waals surface area contributed by atoms with Crippen molar-refractivity contribution < 1.29 is 63.9 Å². The number of rotatable bonds is 13. The number of phenols is 1. The molecule has 180 valence electrons. The van der Waals surface area contributed by atoms with Crippen molar-refractivity contribution in [2.24, 2.45) is 5.41 Å². The van der Waals surface area contributed by atoms with Gasteiger partial charge in [-0.05, 0) is 49.6 Å². The van der Waals surface area contributed by atoms with E-state index in [-0.39, 0.29) is 47.5 Å². The Morgan fingerprint density at radius 3 is 2.41 bits per heavy atom. The second-order valence-corrected chi connectivity index (χ2v) is 8.81. The van der Waals surface area contributed by atoms with Crippen LogP contribution < -0.4 is 44.1 Å². The molecule has 2 aromatic rings. The number of aromatic hydroxyl groups is 1. The Morgan fingerprint density at radius 1 is 1.12 bits per heavy atom. The minimum absolute atomic E-state index is 0. The molecule has 0 aliphatic heterocycles. The molecule has 1 unspecified atom stereocenters. The number of hydrogen-bond donors (Lipinski definition) is 2. The van der Waals surface area contributed by atoms with Crippen LogP contribution in [0.5, 0.6) is 17.2 Å². The molecule has 2 N–H and O–H groups in total. The summed E-state index contributed by atoms with van der Waals surface area (Å²) in [6.45, 7) is 7.47. The molecule has 0 saturated carbocycles. The van der Waals surface area contributed by atoms with E-state index in [0.717, 1.165) is 6.42 Å². The van der Waals surface area contributed by atoms with Gasteiger partial charge in [0.1, 0.15) is 17.2 Å². The minimum atomic E-state index is -1.21. The summed E-state index contributed by atoms with van der Waals surface area (Å²) in [5, 5.41) is 32.0. The van der Waals surface area contributed by atoms with E-state index >= 15 is 0 Å². The van der Waals surface area contributed by atoms with Gasteiger partial charge in [0.25, 0.3) is 0 Å². The molecular formula is C26H33NaO7. The maximum Gasteiger partial charge on any atom is 1.00 e. The maximum absolute atomic E-state index is 11.7. The van der Waals surface area contributed by atoms with Gasteiger partial charge < -0.3 is 29.6 Å². The van der Waals surface area contributed by atoms with Gasteiger partial charge in [-0.15, -0.1) is 0 Å². The molecule has 0 heterocycles. The largest absolute Gasteiger partial charge is 1.00 e. The van der Waals surface area contributed by atoms with Gasteiger partial charge in [-0.2, -0.15) is 0 Å². The van der Waals surface area contributed by atoms with Crippen molar-refractivity contribution >= 4 is 11.8 Å². The molecule has 8 heteroatoms. The SMILES string of the molecule is CCCc1c(OCCCOc2cccc(C(O)C(C)(C)CC(=O)[O-])c2)ccc(C(C)=O)c1O.[Na+].